The fourth-order valence-corrected chi connectivity index (χ4v) is 1.57. The fourth-order valence-electron chi connectivity index (χ4n) is 1.57. The van der Waals surface area contributed by atoms with E-state index in [1.807, 2.05) is 6.92 Å². The molecule has 5 heteroatoms. The van der Waals surface area contributed by atoms with Crippen LogP contribution in [0.1, 0.15) is 17.0 Å². The van der Waals surface area contributed by atoms with Crippen LogP contribution >= 0.6 is 0 Å². The van der Waals surface area contributed by atoms with Crippen molar-refractivity contribution >= 4 is 6.21 Å². The van der Waals surface area contributed by atoms with Crippen molar-refractivity contribution in [2.45, 2.75) is 13.3 Å². The van der Waals surface area contributed by atoms with Gasteiger partial charge in [-0.05, 0) is 31.0 Å². The number of nitrogens with zero attached hydrogens (tertiary/aromatic N) is 2. The van der Waals surface area contributed by atoms with Crippen molar-refractivity contribution in [1.29, 1.82) is 0 Å². The van der Waals surface area contributed by atoms with Crippen LogP contribution in [0.2, 0.25) is 0 Å². The van der Waals surface area contributed by atoms with Gasteiger partial charge in [-0.1, -0.05) is 6.07 Å². The highest BCUT2D eigenvalue weighted by Crippen LogP contribution is 2.24. The molecule has 0 saturated heterocycles. The lowest BCUT2D eigenvalue weighted by Gasteiger charge is -2.01. The largest absolute Gasteiger partial charge is 0.504 e. The molecule has 94 valence electrons. The van der Waals surface area contributed by atoms with Gasteiger partial charge in [-0.3, -0.25) is 4.99 Å². The van der Waals surface area contributed by atoms with Crippen LogP contribution in [-0.4, -0.2) is 32.9 Å². The van der Waals surface area contributed by atoms with Crippen LogP contribution in [0, 0.1) is 6.92 Å². The van der Waals surface area contributed by atoms with Crippen molar-refractivity contribution in [3.05, 3.63) is 41.5 Å². The average molecular weight is 245 g/mol. The highest BCUT2D eigenvalue weighted by molar-refractivity contribution is 5.78. The summed E-state index contributed by atoms with van der Waals surface area (Å²) in [6.45, 7) is 2.54. The number of hydrogen-bond donors (Lipinski definition) is 3. The molecule has 5 nitrogen and oxygen atoms in total. The monoisotopic (exact) mass is 245 g/mol. The maximum absolute atomic E-state index is 9.34. The molecular weight excluding hydrogens is 230 g/mol. The number of imidazole rings is 1. The number of aromatic nitrogens is 2. The molecule has 1 aromatic heterocycles. The number of nitrogens with one attached hydrogen (secondary N) is 1. The molecule has 0 radical (unpaired) electrons. The number of phenols is 2. The van der Waals surface area contributed by atoms with Gasteiger partial charge >= 0.3 is 0 Å². The molecule has 2 aromatic rings. The molecule has 0 aliphatic carbocycles. The lowest BCUT2D eigenvalue weighted by molar-refractivity contribution is 0.403. The minimum Gasteiger partial charge on any atom is -0.504 e. The SMILES string of the molecule is Cc1[nH]cnc1C=NCCc1ccc(O)c(O)c1. The Labute approximate surface area is 105 Å². The van der Waals surface area contributed by atoms with Crippen LogP contribution in [0.3, 0.4) is 0 Å². The van der Waals surface area contributed by atoms with Gasteiger partial charge in [0.15, 0.2) is 11.5 Å². The summed E-state index contributed by atoms with van der Waals surface area (Å²) in [5.74, 6) is -0.200. The Kier molecular flexibility index (Phi) is 3.62. The molecule has 2 rings (SSSR count). The predicted molar refractivity (Wildman–Crippen MR) is 69.3 cm³/mol. The van der Waals surface area contributed by atoms with Crippen molar-refractivity contribution in [3.8, 4) is 11.5 Å². The standard InChI is InChI=1S/C13H15N3O2/c1-9-11(16-8-15-9)7-14-5-4-10-2-3-12(17)13(18)6-10/h2-3,6-8,17-18H,4-5H2,1H3,(H,15,16). The second-order valence-electron chi connectivity index (χ2n) is 4.02. The molecule has 3 N–H and O–H groups in total. The van der Waals surface area contributed by atoms with E-state index in [4.69, 9.17) is 0 Å². The third kappa shape index (κ3) is 2.88. The topological polar surface area (TPSA) is 81.5 Å². The van der Waals surface area contributed by atoms with E-state index in [-0.39, 0.29) is 11.5 Å². The van der Waals surface area contributed by atoms with Gasteiger partial charge in [0.2, 0.25) is 0 Å². The zero-order chi connectivity index (χ0) is 13.0. The van der Waals surface area contributed by atoms with Crippen LogP contribution in [0.4, 0.5) is 0 Å². The fraction of sp³-hybridized carbons (Fsp3) is 0.231. The van der Waals surface area contributed by atoms with Crippen LogP contribution in [0.15, 0.2) is 29.5 Å². The number of H-pyrrole nitrogens is 1. The molecule has 0 fully saturated rings. The summed E-state index contributed by atoms with van der Waals surface area (Å²) in [5.41, 5.74) is 2.76. The minimum atomic E-state index is -0.102. The van der Waals surface area contributed by atoms with Gasteiger partial charge in [0.05, 0.1) is 6.33 Å². The lowest BCUT2D eigenvalue weighted by atomic mass is 10.1. The second kappa shape index (κ2) is 5.35. The normalized spacial score (nSPS) is 11.2. The first-order valence-electron chi connectivity index (χ1n) is 5.67. The number of benzene rings is 1. The number of aryl methyl sites for hydroxylation is 1. The van der Waals surface area contributed by atoms with E-state index in [9.17, 15) is 10.2 Å². The molecule has 0 atom stereocenters. The van der Waals surface area contributed by atoms with Gasteiger partial charge in [0, 0.05) is 18.5 Å². The van der Waals surface area contributed by atoms with Crippen molar-refractivity contribution < 1.29 is 10.2 Å². The summed E-state index contributed by atoms with van der Waals surface area (Å²) < 4.78 is 0. The molecule has 1 heterocycles. The summed E-state index contributed by atoms with van der Waals surface area (Å²) in [5, 5.41) is 18.5. The van der Waals surface area contributed by atoms with Gasteiger partial charge in [-0.2, -0.15) is 0 Å². The smallest absolute Gasteiger partial charge is 0.157 e. The van der Waals surface area contributed by atoms with Crippen molar-refractivity contribution in [2.75, 3.05) is 6.54 Å². The maximum Gasteiger partial charge on any atom is 0.157 e. The Morgan fingerprint density at radius 1 is 1.33 bits per heavy atom. The predicted octanol–water partition coefficient (Wildman–Crippen LogP) is 1.79. The second-order valence-corrected chi connectivity index (χ2v) is 4.02. The average Bonchev–Trinajstić information content (AvgIpc) is 2.75. The van der Waals surface area contributed by atoms with Gasteiger partial charge < -0.3 is 15.2 Å². The van der Waals surface area contributed by atoms with Gasteiger partial charge in [0.25, 0.3) is 0 Å². The zero-order valence-corrected chi connectivity index (χ0v) is 10.1. The summed E-state index contributed by atoms with van der Waals surface area (Å²) in [4.78, 5) is 11.4. The Hall–Kier alpha value is -2.30. The molecule has 0 saturated carbocycles. The molecule has 0 amide bonds. The Morgan fingerprint density at radius 2 is 2.17 bits per heavy atom. The van der Waals surface area contributed by atoms with Crippen LogP contribution in [0.25, 0.3) is 0 Å². The van der Waals surface area contributed by atoms with Crippen LogP contribution in [0.5, 0.6) is 11.5 Å². The van der Waals surface area contributed by atoms with E-state index in [1.54, 1.807) is 24.7 Å². The minimum absolute atomic E-state index is 0.0976. The molecule has 0 aliphatic rings. The van der Waals surface area contributed by atoms with Gasteiger partial charge in [-0.15, -0.1) is 0 Å². The number of aromatic hydroxyl groups is 2. The highest BCUT2D eigenvalue weighted by atomic mass is 16.3. The molecule has 0 bridgehead atoms. The lowest BCUT2D eigenvalue weighted by Crippen LogP contribution is -1.92. The van der Waals surface area contributed by atoms with E-state index in [0.717, 1.165) is 17.0 Å². The van der Waals surface area contributed by atoms with E-state index >= 15 is 0 Å². The number of aromatic amines is 1. The molecule has 0 unspecified atom stereocenters. The van der Waals surface area contributed by atoms with Crippen LogP contribution < -0.4 is 0 Å². The third-order valence-electron chi connectivity index (χ3n) is 2.65. The number of rotatable bonds is 4. The molecule has 0 aliphatic heterocycles. The Morgan fingerprint density at radius 3 is 2.83 bits per heavy atom. The first kappa shape index (κ1) is 12.2. The first-order chi connectivity index (χ1) is 8.66. The summed E-state index contributed by atoms with van der Waals surface area (Å²) in [6, 6.07) is 4.79. The molecule has 1 aromatic carbocycles. The Balaban J connectivity index is 1.90. The summed E-state index contributed by atoms with van der Waals surface area (Å²) in [6.07, 6.45) is 4.06. The van der Waals surface area contributed by atoms with E-state index in [2.05, 4.69) is 15.0 Å². The van der Waals surface area contributed by atoms with E-state index < -0.39 is 0 Å². The number of hydrogen-bond acceptors (Lipinski definition) is 4. The summed E-state index contributed by atoms with van der Waals surface area (Å²) >= 11 is 0. The Bertz CT molecular complexity index is 561. The van der Waals surface area contributed by atoms with Gasteiger partial charge in [0.1, 0.15) is 5.69 Å². The first-order valence-corrected chi connectivity index (χ1v) is 5.67. The number of aliphatic imine (C=N–C) groups is 1. The highest BCUT2D eigenvalue weighted by Gasteiger charge is 2.00. The quantitative estimate of drug-likeness (QED) is 0.567. The van der Waals surface area contributed by atoms with Crippen molar-refractivity contribution in [1.82, 2.24) is 9.97 Å². The summed E-state index contributed by atoms with van der Waals surface area (Å²) in [7, 11) is 0. The van der Waals surface area contributed by atoms with Gasteiger partial charge in [-0.25, -0.2) is 4.98 Å². The van der Waals surface area contributed by atoms with Crippen LogP contribution in [-0.2, 0) is 6.42 Å². The van der Waals surface area contributed by atoms with Crippen molar-refractivity contribution in [2.24, 2.45) is 4.99 Å². The molecular formula is C13H15N3O2. The molecule has 18 heavy (non-hydrogen) atoms. The van der Waals surface area contributed by atoms with Crippen molar-refractivity contribution in [3.63, 3.8) is 0 Å². The number of phenolic OH excluding ortho intramolecular Hbond substituents is 2. The zero-order valence-electron chi connectivity index (χ0n) is 10.1. The maximum atomic E-state index is 9.34. The van der Waals surface area contributed by atoms with E-state index in [0.29, 0.717) is 13.0 Å². The van der Waals surface area contributed by atoms with E-state index in [1.165, 1.54) is 6.07 Å². The molecule has 0 spiro atoms. The third-order valence-corrected chi connectivity index (χ3v) is 2.65.